The van der Waals surface area contributed by atoms with E-state index in [0.717, 1.165) is 5.75 Å². The molecule has 1 rings (SSSR count). The maximum Gasteiger partial charge on any atom is 0.319 e. The molecule has 0 bridgehead atoms. The second-order valence-corrected chi connectivity index (χ2v) is 5.96. The zero-order valence-electron chi connectivity index (χ0n) is 12.8. The molecule has 0 radical (unpaired) electrons. The van der Waals surface area contributed by atoms with E-state index in [2.05, 4.69) is 10.6 Å². The van der Waals surface area contributed by atoms with Gasteiger partial charge in [0.2, 0.25) is 0 Å². The van der Waals surface area contributed by atoms with E-state index >= 15 is 0 Å². The average Bonchev–Trinajstić information content (AvgIpc) is 2.46. The summed E-state index contributed by atoms with van der Waals surface area (Å²) in [5.41, 5.74) is -0.291. The van der Waals surface area contributed by atoms with Gasteiger partial charge in [0.25, 0.3) is 0 Å². The highest BCUT2D eigenvalue weighted by atomic mass is 32.2. The van der Waals surface area contributed by atoms with Gasteiger partial charge in [0.1, 0.15) is 5.75 Å². The number of nitrogens with one attached hydrogen (secondary N) is 2. The van der Waals surface area contributed by atoms with Crippen LogP contribution in [0.4, 0.5) is 10.5 Å². The number of ether oxygens (including phenoxy) is 1. The summed E-state index contributed by atoms with van der Waals surface area (Å²) >= 11 is 1.67. The van der Waals surface area contributed by atoms with Gasteiger partial charge < -0.3 is 20.5 Å². The van der Waals surface area contributed by atoms with Crippen LogP contribution in [0.25, 0.3) is 0 Å². The van der Waals surface area contributed by atoms with E-state index in [-0.39, 0.29) is 12.6 Å². The van der Waals surface area contributed by atoms with Crippen molar-refractivity contribution in [3.63, 3.8) is 0 Å². The van der Waals surface area contributed by atoms with Gasteiger partial charge in [0.05, 0.1) is 17.9 Å². The van der Waals surface area contributed by atoms with E-state index in [1.807, 2.05) is 25.3 Å². The number of amides is 2. The molecule has 0 aliphatic carbocycles. The van der Waals surface area contributed by atoms with Crippen LogP contribution in [-0.2, 0) is 0 Å². The number of para-hydroxylation sites is 2. The highest BCUT2D eigenvalue weighted by Gasteiger charge is 2.20. The van der Waals surface area contributed by atoms with Crippen LogP contribution in [0, 0.1) is 0 Å². The lowest BCUT2D eigenvalue weighted by molar-refractivity contribution is 0.0599. The van der Waals surface area contributed by atoms with E-state index in [0.29, 0.717) is 24.5 Å². The van der Waals surface area contributed by atoms with E-state index < -0.39 is 5.60 Å². The van der Waals surface area contributed by atoms with Crippen LogP contribution in [0.3, 0.4) is 0 Å². The molecular weight excluding hydrogens is 288 g/mol. The van der Waals surface area contributed by atoms with Crippen molar-refractivity contribution in [2.24, 2.45) is 0 Å². The van der Waals surface area contributed by atoms with Gasteiger partial charge >= 0.3 is 6.03 Å². The lowest BCUT2D eigenvalue weighted by Gasteiger charge is -2.23. The molecule has 5 nitrogen and oxygen atoms in total. The van der Waals surface area contributed by atoms with E-state index in [1.165, 1.54) is 0 Å². The number of rotatable bonds is 8. The summed E-state index contributed by atoms with van der Waals surface area (Å²) in [6, 6.07) is 6.89. The number of benzene rings is 1. The van der Waals surface area contributed by atoms with Crippen LogP contribution >= 0.6 is 11.8 Å². The van der Waals surface area contributed by atoms with Crippen molar-refractivity contribution in [3.8, 4) is 5.75 Å². The van der Waals surface area contributed by atoms with Crippen molar-refractivity contribution in [2.75, 3.05) is 30.5 Å². The molecule has 0 saturated heterocycles. The maximum absolute atomic E-state index is 11.9. The SMILES string of the molecule is CCOc1ccccc1NC(=O)NC[C@@](C)(O)CCSC. The molecule has 1 aromatic rings. The fourth-order valence-electron chi connectivity index (χ4n) is 1.70. The zero-order valence-corrected chi connectivity index (χ0v) is 13.6. The molecule has 3 N–H and O–H groups in total. The Balaban J connectivity index is 2.50. The summed E-state index contributed by atoms with van der Waals surface area (Å²) in [7, 11) is 0. The molecule has 0 aromatic heterocycles. The second kappa shape index (κ2) is 8.79. The molecule has 1 atom stereocenters. The molecular formula is C15H24N2O3S. The van der Waals surface area contributed by atoms with Gasteiger partial charge in [-0.05, 0) is 44.4 Å². The van der Waals surface area contributed by atoms with Gasteiger partial charge in [-0.25, -0.2) is 4.79 Å². The molecule has 6 heteroatoms. The van der Waals surface area contributed by atoms with Crippen LogP contribution in [0.5, 0.6) is 5.75 Å². The lowest BCUT2D eigenvalue weighted by Crippen LogP contribution is -2.42. The molecule has 0 fully saturated rings. The fraction of sp³-hybridized carbons (Fsp3) is 0.533. The maximum atomic E-state index is 11.9. The Labute approximate surface area is 130 Å². The van der Waals surface area contributed by atoms with Crippen molar-refractivity contribution in [2.45, 2.75) is 25.9 Å². The number of hydrogen-bond acceptors (Lipinski definition) is 4. The summed E-state index contributed by atoms with van der Waals surface area (Å²) in [6.45, 7) is 4.34. The fourth-order valence-corrected chi connectivity index (χ4v) is 2.34. The first-order valence-electron chi connectivity index (χ1n) is 6.96. The first-order valence-corrected chi connectivity index (χ1v) is 8.36. The summed E-state index contributed by atoms with van der Waals surface area (Å²) in [5, 5.41) is 15.5. The van der Waals surface area contributed by atoms with Gasteiger partial charge in [-0.1, -0.05) is 12.1 Å². The standard InChI is InChI=1S/C15H24N2O3S/c1-4-20-13-8-6-5-7-12(13)17-14(18)16-11-15(2,19)9-10-21-3/h5-8,19H,4,9-11H2,1-3H3,(H2,16,17,18)/t15-/m0/s1. The van der Waals surface area contributed by atoms with Crippen molar-refractivity contribution in [1.82, 2.24) is 5.32 Å². The third kappa shape index (κ3) is 6.73. The molecule has 1 aromatic carbocycles. The average molecular weight is 312 g/mol. The third-order valence-corrected chi connectivity index (χ3v) is 3.52. The van der Waals surface area contributed by atoms with Gasteiger partial charge in [-0.2, -0.15) is 11.8 Å². The van der Waals surface area contributed by atoms with Gasteiger partial charge in [-0.15, -0.1) is 0 Å². The number of aliphatic hydroxyl groups is 1. The Kier molecular flexibility index (Phi) is 7.39. The minimum atomic E-state index is -0.903. The molecule has 0 heterocycles. The molecule has 0 aliphatic rings. The van der Waals surface area contributed by atoms with Crippen molar-refractivity contribution in [1.29, 1.82) is 0 Å². The predicted octanol–water partition coefficient (Wildman–Crippen LogP) is 2.71. The van der Waals surface area contributed by atoms with Gasteiger partial charge in [-0.3, -0.25) is 0 Å². The first kappa shape index (κ1) is 17.7. The molecule has 0 unspecified atom stereocenters. The summed E-state index contributed by atoms with van der Waals surface area (Å²) < 4.78 is 5.44. The van der Waals surface area contributed by atoms with Crippen LogP contribution in [0.1, 0.15) is 20.3 Å². The quantitative estimate of drug-likeness (QED) is 0.690. The Hall–Kier alpha value is -1.40. The number of urea groups is 1. The zero-order chi connectivity index (χ0) is 15.7. The van der Waals surface area contributed by atoms with Crippen LogP contribution in [0.15, 0.2) is 24.3 Å². The monoisotopic (exact) mass is 312 g/mol. The Morgan fingerprint density at radius 2 is 2.14 bits per heavy atom. The highest BCUT2D eigenvalue weighted by molar-refractivity contribution is 7.98. The smallest absolute Gasteiger partial charge is 0.319 e. The lowest BCUT2D eigenvalue weighted by atomic mass is 10.0. The molecule has 2 amide bonds. The minimum Gasteiger partial charge on any atom is -0.492 e. The summed E-state index contributed by atoms with van der Waals surface area (Å²) in [6.07, 6.45) is 2.62. The number of carbonyl (C=O) groups excluding carboxylic acids is 1. The van der Waals surface area contributed by atoms with Crippen LogP contribution in [-0.4, -0.2) is 41.9 Å². The van der Waals surface area contributed by atoms with Crippen molar-refractivity contribution < 1.29 is 14.6 Å². The summed E-state index contributed by atoms with van der Waals surface area (Å²) in [4.78, 5) is 11.9. The third-order valence-electron chi connectivity index (χ3n) is 2.91. The molecule has 0 aliphatic heterocycles. The van der Waals surface area contributed by atoms with Gasteiger partial charge in [0, 0.05) is 6.54 Å². The number of anilines is 1. The highest BCUT2D eigenvalue weighted by Crippen LogP contribution is 2.23. The van der Waals surface area contributed by atoms with E-state index in [1.54, 1.807) is 30.8 Å². The topological polar surface area (TPSA) is 70.6 Å². The second-order valence-electron chi connectivity index (χ2n) is 4.98. The molecule has 21 heavy (non-hydrogen) atoms. The minimum absolute atomic E-state index is 0.205. The largest absolute Gasteiger partial charge is 0.492 e. The molecule has 0 saturated carbocycles. The van der Waals surface area contributed by atoms with E-state index in [4.69, 9.17) is 4.74 Å². The number of hydrogen-bond donors (Lipinski definition) is 3. The molecule has 118 valence electrons. The Bertz CT molecular complexity index is 452. The Morgan fingerprint density at radius 3 is 2.81 bits per heavy atom. The Morgan fingerprint density at radius 1 is 1.43 bits per heavy atom. The molecule has 0 spiro atoms. The number of thioether (sulfide) groups is 1. The van der Waals surface area contributed by atoms with Crippen LogP contribution in [0.2, 0.25) is 0 Å². The van der Waals surface area contributed by atoms with Gasteiger partial charge in [0.15, 0.2) is 0 Å². The number of carbonyl (C=O) groups is 1. The normalized spacial score (nSPS) is 13.3. The van der Waals surface area contributed by atoms with E-state index in [9.17, 15) is 9.90 Å². The summed E-state index contributed by atoms with van der Waals surface area (Å²) in [5.74, 6) is 1.48. The first-order chi connectivity index (χ1) is 9.98. The predicted molar refractivity (Wildman–Crippen MR) is 88.3 cm³/mol. The van der Waals surface area contributed by atoms with Crippen molar-refractivity contribution >= 4 is 23.5 Å². The van der Waals surface area contributed by atoms with Crippen LogP contribution < -0.4 is 15.4 Å². The van der Waals surface area contributed by atoms with Crippen molar-refractivity contribution in [3.05, 3.63) is 24.3 Å².